The van der Waals surface area contributed by atoms with Gasteiger partial charge in [-0.05, 0) is 25.7 Å². The number of ether oxygens (including phenoxy) is 2. The Bertz CT molecular complexity index is 906. The van der Waals surface area contributed by atoms with Gasteiger partial charge in [0.1, 0.15) is 5.78 Å². The summed E-state index contributed by atoms with van der Waals surface area (Å²) in [5.74, 6) is -6.78. The van der Waals surface area contributed by atoms with Crippen LogP contribution in [-0.2, 0) is 28.7 Å². The number of aliphatic carboxylic acids is 1. The zero-order chi connectivity index (χ0) is 40.1. The third-order valence-electron chi connectivity index (χ3n) is 11.2. The van der Waals surface area contributed by atoms with Gasteiger partial charge < -0.3 is 19.7 Å². The summed E-state index contributed by atoms with van der Waals surface area (Å²) in [6.45, 7) is 7.63. The van der Waals surface area contributed by atoms with Crippen LogP contribution < -0.4 is 0 Å². The van der Waals surface area contributed by atoms with E-state index in [9.17, 15) is 29.4 Å². The lowest BCUT2D eigenvalue weighted by Gasteiger charge is -2.29. The molecule has 54 heavy (non-hydrogen) atoms. The molecule has 0 heterocycles. The number of aliphatic hydroxyl groups is 1. The maximum Gasteiger partial charge on any atom is 0.340 e. The molecule has 318 valence electrons. The number of Topliss-reactive ketones (excluding diaryl/α,β-unsaturated/α-hetero) is 1. The van der Waals surface area contributed by atoms with Gasteiger partial charge in [-0.3, -0.25) is 14.4 Å². The molecule has 3 atom stereocenters. The average molecular weight is 767 g/mol. The van der Waals surface area contributed by atoms with Gasteiger partial charge in [-0.2, -0.15) is 0 Å². The van der Waals surface area contributed by atoms with E-state index in [4.69, 9.17) is 9.47 Å². The Kier molecular flexibility index (Phi) is 35.3. The van der Waals surface area contributed by atoms with Crippen LogP contribution in [0, 0.1) is 11.8 Å². The van der Waals surface area contributed by atoms with Crippen LogP contribution in [0.5, 0.6) is 0 Å². The van der Waals surface area contributed by atoms with Crippen LogP contribution in [0.3, 0.4) is 0 Å². The summed E-state index contributed by atoms with van der Waals surface area (Å²) in [4.78, 5) is 50.2. The Morgan fingerprint density at radius 2 is 0.870 bits per heavy atom. The van der Waals surface area contributed by atoms with Gasteiger partial charge in [0.2, 0.25) is 0 Å². The Balaban J connectivity index is 4.37. The number of hydrogen-bond donors (Lipinski definition) is 2. The number of unbranched alkanes of at least 4 members (excludes halogenated alkanes) is 28. The van der Waals surface area contributed by atoms with Crippen LogP contribution in [0.4, 0.5) is 0 Å². The zero-order valence-electron chi connectivity index (χ0n) is 35.7. The Morgan fingerprint density at radius 1 is 0.519 bits per heavy atom. The molecule has 0 radical (unpaired) electrons. The van der Waals surface area contributed by atoms with Crippen molar-refractivity contribution in [2.45, 2.75) is 245 Å². The maximum atomic E-state index is 13.1. The highest BCUT2D eigenvalue weighted by atomic mass is 16.6. The van der Waals surface area contributed by atoms with Gasteiger partial charge in [-0.1, -0.05) is 213 Å². The summed E-state index contributed by atoms with van der Waals surface area (Å²) in [5.41, 5.74) is -2.83. The smallest absolute Gasteiger partial charge is 0.340 e. The molecule has 0 bridgehead atoms. The van der Waals surface area contributed by atoms with Crippen molar-refractivity contribution in [2.24, 2.45) is 11.8 Å². The summed E-state index contributed by atoms with van der Waals surface area (Å²) in [7, 11) is 0. The van der Waals surface area contributed by atoms with E-state index in [0.717, 1.165) is 51.9 Å². The molecule has 0 aliphatic heterocycles. The van der Waals surface area contributed by atoms with Crippen LogP contribution >= 0.6 is 0 Å². The molecule has 0 aromatic carbocycles. The summed E-state index contributed by atoms with van der Waals surface area (Å²) < 4.78 is 10.7. The number of esters is 2. The molecule has 0 fully saturated rings. The number of rotatable bonds is 41. The zero-order valence-corrected chi connectivity index (χ0v) is 35.7. The van der Waals surface area contributed by atoms with E-state index in [1.54, 1.807) is 0 Å². The third-order valence-corrected chi connectivity index (χ3v) is 11.2. The first kappa shape index (κ1) is 52.0. The number of carbonyl (C=O) groups excluding carboxylic acids is 3. The fraction of sp³-hybridized carbons (Fsp3) is 0.913. The van der Waals surface area contributed by atoms with Crippen molar-refractivity contribution in [2.75, 3.05) is 13.2 Å². The molecule has 0 amide bonds. The van der Waals surface area contributed by atoms with Crippen molar-refractivity contribution in [3.05, 3.63) is 0 Å². The van der Waals surface area contributed by atoms with Gasteiger partial charge >= 0.3 is 17.9 Å². The topological polar surface area (TPSA) is 127 Å². The molecule has 0 saturated heterocycles. The average Bonchev–Trinajstić information content (AvgIpc) is 3.13. The molecular formula is C46H86O8. The summed E-state index contributed by atoms with van der Waals surface area (Å²) >= 11 is 0. The quantitative estimate of drug-likeness (QED) is 0.0358. The maximum absolute atomic E-state index is 13.1. The van der Waals surface area contributed by atoms with Gasteiger partial charge in [0.25, 0.3) is 0 Å². The number of carbonyl (C=O) groups is 4. The molecule has 8 nitrogen and oxygen atoms in total. The molecule has 0 aliphatic rings. The monoisotopic (exact) mass is 767 g/mol. The predicted molar refractivity (Wildman–Crippen MR) is 222 cm³/mol. The van der Waals surface area contributed by atoms with Crippen molar-refractivity contribution in [3.8, 4) is 0 Å². The number of ketones is 1. The lowest BCUT2D eigenvalue weighted by Crippen LogP contribution is -2.54. The van der Waals surface area contributed by atoms with Crippen molar-refractivity contribution in [3.63, 3.8) is 0 Å². The fourth-order valence-corrected chi connectivity index (χ4v) is 7.46. The predicted octanol–water partition coefficient (Wildman–Crippen LogP) is 12.6. The molecule has 0 spiro atoms. The lowest BCUT2D eigenvalue weighted by atomic mass is 9.82. The molecule has 0 rings (SSSR count). The van der Waals surface area contributed by atoms with Crippen molar-refractivity contribution < 1.29 is 38.9 Å². The second kappa shape index (κ2) is 36.7. The Morgan fingerprint density at radius 3 is 1.20 bits per heavy atom. The van der Waals surface area contributed by atoms with E-state index in [2.05, 4.69) is 13.8 Å². The van der Waals surface area contributed by atoms with E-state index in [1.807, 2.05) is 6.92 Å². The third kappa shape index (κ3) is 28.4. The van der Waals surface area contributed by atoms with Gasteiger partial charge in [0, 0.05) is 0 Å². The first-order valence-electron chi connectivity index (χ1n) is 22.9. The van der Waals surface area contributed by atoms with E-state index >= 15 is 0 Å². The van der Waals surface area contributed by atoms with Gasteiger partial charge in [-0.15, -0.1) is 0 Å². The summed E-state index contributed by atoms with van der Waals surface area (Å²) in [6, 6.07) is 0. The van der Waals surface area contributed by atoms with Gasteiger partial charge in [0.05, 0.1) is 19.6 Å². The summed E-state index contributed by atoms with van der Waals surface area (Å²) in [6.07, 6.45) is 38.1. The molecule has 0 aromatic heterocycles. The number of carboxylic acid groups (broad SMARTS) is 1. The van der Waals surface area contributed by atoms with Crippen LogP contribution in [0.25, 0.3) is 0 Å². The standard InChI is InChI=1S/C46H86O8/c1-5-8-10-12-14-16-18-20-22-23-25-27-29-31-33-35-37-53-45(51)46(52,43(40(4)47)44(49)50)38-42(48)54-39-41(7-3)36-34-32-30-28-26-24-21-19-17-15-13-11-9-6-2/h41,43,52H,5-39H2,1-4H3,(H,49,50). The van der Waals surface area contributed by atoms with Gasteiger partial charge in [-0.25, -0.2) is 4.79 Å². The molecule has 0 aliphatic carbocycles. The van der Waals surface area contributed by atoms with E-state index in [0.29, 0.717) is 6.42 Å². The molecule has 3 unspecified atom stereocenters. The van der Waals surface area contributed by atoms with Crippen molar-refractivity contribution >= 4 is 23.7 Å². The second-order valence-corrected chi connectivity index (χ2v) is 16.3. The van der Waals surface area contributed by atoms with Crippen molar-refractivity contribution in [1.82, 2.24) is 0 Å². The normalized spacial score (nSPS) is 13.6. The Labute approximate surface area is 332 Å². The van der Waals surface area contributed by atoms with Crippen LogP contribution in [0.2, 0.25) is 0 Å². The minimum Gasteiger partial charge on any atom is -0.481 e. The highest BCUT2D eigenvalue weighted by Gasteiger charge is 2.53. The highest BCUT2D eigenvalue weighted by Crippen LogP contribution is 2.27. The first-order valence-corrected chi connectivity index (χ1v) is 22.9. The van der Waals surface area contributed by atoms with Crippen LogP contribution in [0.15, 0.2) is 0 Å². The van der Waals surface area contributed by atoms with Gasteiger partial charge in [0.15, 0.2) is 11.5 Å². The minimum absolute atomic E-state index is 0.0179. The lowest BCUT2D eigenvalue weighted by molar-refractivity contribution is -0.186. The fourth-order valence-electron chi connectivity index (χ4n) is 7.46. The van der Waals surface area contributed by atoms with Crippen molar-refractivity contribution in [1.29, 1.82) is 0 Å². The first-order chi connectivity index (χ1) is 26.1. The largest absolute Gasteiger partial charge is 0.481 e. The molecule has 8 heteroatoms. The molecule has 0 aromatic rings. The highest BCUT2D eigenvalue weighted by molar-refractivity contribution is 6.04. The number of carboxylic acids is 1. The SMILES string of the molecule is CCCCCCCCCCCCCCCCCCOC(=O)C(O)(CC(=O)OCC(CC)CCCCCCCCCCCCCCCC)C(C(C)=O)C(=O)O. The van der Waals surface area contributed by atoms with E-state index < -0.39 is 41.6 Å². The van der Waals surface area contributed by atoms with E-state index in [-0.39, 0.29) is 19.1 Å². The number of hydrogen-bond acceptors (Lipinski definition) is 7. The molecule has 2 N–H and O–H groups in total. The molecule has 0 saturated carbocycles. The van der Waals surface area contributed by atoms with Crippen LogP contribution in [-0.4, -0.2) is 52.7 Å². The second-order valence-electron chi connectivity index (χ2n) is 16.3. The Hall–Kier alpha value is -1.96. The van der Waals surface area contributed by atoms with E-state index in [1.165, 1.54) is 154 Å². The minimum atomic E-state index is -2.83. The molecular weight excluding hydrogens is 680 g/mol. The van der Waals surface area contributed by atoms with Crippen LogP contribution in [0.1, 0.15) is 240 Å². The summed E-state index contributed by atoms with van der Waals surface area (Å²) in [5, 5.41) is 21.0.